The molecule has 2 rings (SSSR count). The minimum Gasteiger partial charge on any atom is -0.472 e. The second-order valence-electron chi connectivity index (χ2n) is 3.62. The van der Waals surface area contributed by atoms with Crippen molar-refractivity contribution in [3.8, 4) is 11.8 Å². The van der Waals surface area contributed by atoms with Gasteiger partial charge in [0.05, 0.1) is 17.5 Å². The van der Waals surface area contributed by atoms with Crippen molar-refractivity contribution in [2.75, 3.05) is 11.9 Å². The maximum atomic E-state index is 11.9. The highest BCUT2D eigenvalue weighted by molar-refractivity contribution is 6.30. The molecule has 1 heterocycles. The summed E-state index contributed by atoms with van der Waals surface area (Å²) < 4.78 is 4.84. The molecule has 1 aromatic carbocycles. The topological polar surface area (TPSA) is 62.5 Å². The summed E-state index contributed by atoms with van der Waals surface area (Å²) in [5, 5.41) is 11.9. The third-order valence-electron chi connectivity index (χ3n) is 2.32. The molecular weight excluding hydrogens is 266 g/mol. The standard InChI is InChI=1S/C14H10ClNO3/c15-12-3-4-13(10(8-12)2-1-6-17)16-14(18)11-5-7-19-9-11/h3-5,7-9,17H,6H2,(H,16,18). The number of aliphatic hydroxyl groups excluding tert-OH is 1. The van der Waals surface area contributed by atoms with Crippen molar-refractivity contribution in [1.29, 1.82) is 0 Å². The number of nitrogens with one attached hydrogen (secondary N) is 1. The molecule has 19 heavy (non-hydrogen) atoms. The van der Waals surface area contributed by atoms with E-state index in [0.717, 1.165) is 0 Å². The first-order valence-electron chi connectivity index (χ1n) is 5.43. The molecule has 0 aliphatic heterocycles. The van der Waals surface area contributed by atoms with Crippen LogP contribution in [-0.2, 0) is 0 Å². The molecule has 0 unspecified atom stereocenters. The highest BCUT2D eigenvalue weighted by atomic mass is 35.5. The van der Waals surface area contributed by atoms with Crippen LogP contribution >= 0.6 is 11.6 Å². The Morgan fingerprint density at radius 1 is 1.42 bits per heavy atom. The Labute approximate surface area is 115 Å². The summed E-state index contributed by atoms with van der Waals surface area (Å²) >= 11 is 5.87. The normalized spacial score (nSPS) is 9.58. The van der Waals surface area contributed by atoms with Crippen LogP contribution in [0.3, 0.4) is 0 Å². The number of furan rings is 1. The van der Waals surface area contributed by atoms with Crippen LogP contribution in [0.1, 0.15) is 15.9 Å². The number of anilines is 1. The zero-order valence-corrected chi connectivity index (χ0v) is 10.6. The lowest BCUT2D eigenvalue weighted by atomic mass is 10.1. The molecule has 4 nitrogen and oxygen atoms in total. The Bertz CT molecular complexity index is 638. The fourth-order valence-corrected chi connectivity index (χ4v) is 1.62. The number of carbonyl (C=O) groups excluding carboxylic acids is 1. The van der Waals surface area contributed by atoms with Gasteiger partial charge < -0.3 is 14.8 Å². The summed E-state index contributed by atoms with van der Waals surface area (Å²) in [4.78, 5) is 11.9. The average molecular weight is 276 g/mol. The molecular formula is C14H10ClNO3. The molecule has 0 radical (unpaired) electrons. The molecule has 96 valence electrons. The minimum atomic E-state index is -0.303. The van der Waals surface area contributed by atoms with Crippen molar-refractivity contribution in [2.24, 2.45) is 0 Å². The first kappa shape index (κ1) is 13.2. The Balaban J connectivity index is 2.27. The van der Waals surface area contributed by atoms with Gasteiger partial charge in [0, 0.05) is 10.6 Å². The monoisotopic (exact) mass is 275 g/mol. The molecule has 1 amide bonds. The summed E-state index contributed by atoms with van der Waals surface area (Å²) in [5.74, 6) is 4.95. The van der Waals surface area contributed by atoms with Gasteiger partial charge in [0.2, 0.25) is 0 Å². The highest BCUT2D eigenvalue weighted by Crippen LogP contribution is 2.20. The van der Waals surface area contributed by atoms with Gasteiger partial charge in [-0.3, -0.25) is 4.79 Å². The molecule has 0 aliphatic carbocycles. The van der Waals surface area contributed by atoms with E-state index in [4.69, 9.17) is 21.1 Å². The van der Waals surface area contributed by atoms with Gasteiger partial charge in [-0.25, -0.2) is 0 Å². The van der Waals surface area contributed by atoms with E-state index in [1.54, 1.807) is 24.3 Å². The molecule has 0 atom stereocenters. The van der Waals surface area contributed by atoms with Gasteiger partial charge in [0.25, 0.3) is 5.91 Å². The lowest BCUT2D eigenvalue weighted by Crippen LogP contribution is -2.11. The maximum Gasteiger partial charge on any atom is 0.258 e. The number of aliphatic hydroxyl groups is 1. The van der Waals surface area contributed by atoms with Gasteiger partial charge in [-0.1, -0.05) is 23.4 Å². The second kappa shape index (κ2) is 6.10. The maximum absolute atomic E-state index is 11.9. The largest absolute Gasteiger partial charge is 0.472 e. The number of hydrogen-bond donors (Lipinski definition) is 2. The van der Waals surface area contributed by atoms with Crippen LogP contribution in [0, 0.1) is 11.8 Å². The summed E-state index contributed by atoms with van der Waals surface area (Å²) in [6.45, 7) is -0.262. The molecule has 0 spiro atoms. The first-order chi connectivity index (χ1) is 9.20. The van der Waals surface area contributed by atoms with E-state index in [1.807, 2.05) is 0 Å². The van der Waals surface area contributed by atoms with Crippen molar-refractivity contribution >= 4 is 23.2 Å². The molecule has 5 heteroatoms. The Morgan fingerprint density at radius 3 is 2.95 bits per heavy atom. The van der Waals surface area contributed by atoms with Crippen LogP contribution in [0.25, 0.3) is 0 Å². The van der Waals surface area contributed by atoms with Crippen LogP contribution in [-0.4, -0.2) is 17.6 Å². The number of hydrogen-bond acceptors (Lipinski definition) is 3. The van der Waals surface area contributed by atoms with Crippen LogP contribution in [0.4, 0.5) is 5.69 Å². The number of rotatable bonds is 2. The fraction of sp³-hybridized carbons (Fsp3) is 0.0714. The third kappa shape index (κ3) is 3.38. The van der Waals surface area contributed by atoms with Crippen molar-refractivity contribution in [1.82, 2.24) is 0 Å². The zero-order valence-electron chi connectivity index (χ0n) is 9.81. The van der Waals surface area contributed by atoms with E-state index in [9.17, 15) is 4.79 Å². The van der Waals surface area contributed by atoms with Gasteiger partial charge in [-0.15, -0.1) is 0 Å². The smallest absolute Gasteiger partial charge is 0.258 e. The number of carbonyl (C=O) groups is 1. The molecule has 0 saturated carbocycles. The first-order valence-corrected chi connectivity index (χ1v) is 5.81. The predicted molar refractivity (Wildman–Crippen MR) is 72.1 cm³/mol. The number of benzene rings is 1. The van der Waals surface area contributed by atoms with Crippen molar-refractivity contribution < 1.29 is 14.3 Å². The second-order valence-corrected chi connectivity index (χ2v) is 4.05. The van der Waals surface area contributed by atoms with Gasteiger partial charge in [-0.05, 0) is 24.3 Å². The van der Waals surface area contributed by atoms with Crippen molar-refractivity contribution in [3.05, 3.63) is 52.9 Å². The summed E-state index contributed by atoms with van der Waals surface area (Å²) in [6.07, 6.45) is 2.77. The van der Waals surface area contributed by atoms with E-state index in [0.29, 0.717) is 21.8 Å². The number of halogens is 1. The van der Waals surface area contributed by atoms with Crippen molar-refractivity contribution in [3.63, 3.8) is 0 Å². The van der Waals surface area contributed by atoms with Crippen LogP contribution < -0.4 is 5.32 Å². The van der Waals surface area contributed by atoms with Crippen LogP contribution in [0.15, 0.2) is 41.2 Å². The molecule has 0 bridgehead atoms. The Hall–Kier alpha value is -2.22. The molecule has 2 N–H and O–H groups in total. The molecule has 0 fully saturated rings. The molecule has 0 aliphatic rings. The lowest BCUT2D eigenvalue weighted by Gasteiger charge is -2.06. The fourth-order valence-electron chi connectivity index (χ4n) is 1.45. The van der Waals surface area contributed by atoms with E-state index in [1.165, 1.54) is 12.5 Å². The van der Waals surface area contributed by atoms with Gasteiger partial charge in [0.1, 0.15) is 12.9 Å². The van der Waals surface area contributed by atoms with E-state index in [-0.39, 0.29) is 12.5 Å². The molecule has 0 saturated heterocycles. The van der Waals surface area contributed by atoms with Gasteiger partial charge in [-0.2, -0.15) is 0 Å². The van der Waals surface area contributed by atoms with E-state index >= 15 is 0 Å². The van der Waals surface area contributed by atoms with E-state index in [2.05, 4.69) is 17.2 Å². The van der Waals surface area contributed by atoms with Crippen LogP contribution in [0.5, 0.6) is 0 Å². The quantitative estimate of drug-likeness (QED) is 0.828. The summed E-state index contributed by atoms with van der Waals surface area (Å²) in [7, 11) is 0. The predicted octanol–water partition coefficient (Wildman–Crippen LogP) is 2.53. The highest BCUT2D eigenvalue weighted by Gasteiger charge is 2.09. The zero-order chi connectivity index (χ0) is 13.7. The Kier molecular flexibility index (Phi) is 4.24. The van der Waals surface area contributed by atoms with Crippen molar-refractivity contribution in [2.45, 2.75) is 0 Å². The minimum absolute atomic E-state index is 0.262. The van der Waals surface area contributed by atoms with Gasteiger partial charge >= 0.3 is 0 Å². The lowest BCUT2D eigenvalue weighted by molar-refractivity contribution is 0.102. The molecule has 1 aromatic heterocycles. The third-order valence-corrected chi connectivity index (χ3v) is 2.55. The van der Waals surface area contributed by atoms with Gasteiger partial charge in [0.15, 0.2) is 0 Å². The Morgan fingerprint density at radius 2 is 2.26 bits per heavy atom. The number of amides is 1. The average Bonchev–Trinajstić information content (AvgIpc) is 2.93. The van der Waals surface area contributed by atoms with E-state index < -0.39 is 0 Å². The van der Waals surface area contributed by atoms with Crippen LogP contribution in [0.2, 0.25) is 5.02 Å². The molecule has 2 aromatic rings. The summed E-state index contributed by atoms with van der Waals surface area (Å²) in [5.41, 5.74) is 1.48. The summed E-state index contributed by atoms with van der Waals surface area (Å²) in [6, 6.07) is 6.48. The SMILES string of the molecule is O=C(Nc1ccc(Cl)cc1C#CCO)c1ccoc1.